The van der Waals surface area contributed by atoms with Gasteiger partial charge in [0.05, 0.1) is 11.9 Å². The minimum atomic E-state index is -0.440. The summed E-state index contributed by atoms with van der Waals surface area (Å²) in [7, 11) is 0. The lowest BCUT2D eigenvalue weighted by Crippen LogP contribution is -2.41. The van der Waals surface area contributed by atoms with Crippen LogP contribution in [0.3, 0.4) is 0 Å². The highest BCUT2D eigenvalue weighted by atomic mass is 35.5. The van der Waals surface area contributed by atoms with Crippen LogP contribution in [0.25, 0.3) is 0 Å². The number of ether oxygens (including phenoxy) is 1. The number of nitrogens with zero attached hydrogens (tertiary/aromatic N) is 1. The van der Waals surface area contributed by atoms with Crippen molar-refractivity contribution in [3.8, 4) is 0 Å². The summed E-state index contributed by atoms with van der Waals surface area (Å²) < 4.78 is 5.23. The number of halogens is 1. The van der Waals surface area contributed by atoms with Crippen molar-refractivity contribution in [1.82, 2.24) is 4.90 Å². The van der Waals surface area contributed by atoms with Gasteiger partial charge in [0, 0.05) is 6.54 Å². The molecule has 0 radical (unpaired) electrons. The number of amides is 1. The Morgan fingerprint density at radius 1 is 1.32 bits per heavy atom. The molecule has 0 spiro atoms. The van der Waals surface area contributed by atoms with Gasteiger partial charge in [-0.1, -0.05) is 30.3 Å². The van der Waals surface area contributed by atoms with E-state index in [-0.39, 0.29) is 18.3 Å². The number of hydrogen-bond donors (Lipinski definition) is 0. The Hall–Kier alpha value is -1.55. The minimum Gasteiger partial charge on any atom is -0.445 e. The van der Waals surface area contributed by atoms with Gasteiger partial charge in [0.25, 0.3) is 0 Å². The molecular formula is C14H16ClNO3. The molecular weight excluding hydrogens is 266 g/mol. The minimum absolute atomic E-state index is 0.0624. The Kier molecular flexibility index (Phi) is 4.80. The second-order valence-corrected chi connectivity index (χ2v) is 4.76. The van der Waals surface area contributed by atoms with E-state index < -0.39 is 12.1 Å². The van der Waals surface area contributed by atoms with Crippen molar-refractivity contribution in [2.24, 2.45) is 0 Å². The van der Waals surface area contributed by atoms with Gasteiger partial charge in [-0.2, -0.15) is 0 Å². The molecule has 1 atom stereocenters. The SMILES string of the molecule is O=C(CCl)[C@H]1CCCN1C(=O)OCc1ccccc1. The molecule has 0 saturated carbocycles. The van der Waals surface area contributed by atoms with E-state index in [1.807, 2.05) is 30.3 Å². The van der Waals surface area contributed by atoms with Crippen LogP contribution >= 0.6 is 11.6 Å². The van der Waals surface area contributed by atoms with Crippen molar-refractivity contribution in [1.29, 1.82) is 0 Å². The van der Waals surface area contributed by atoms with Gasteiger partial charge in [-0.05, 0) is 18.4 Å². The average Bonchev–Trinajstić information content (AvgIpc) is 2.94. The zero-order valence-corrected chi connectivity index (χ0v) is 11.3. The van der Waals surface area contributed by atoms with E-state index >= 15 is 0 Å². The fourth-order valence-electron chi connectivity index (χ4n) is 2.21. The second-order valence-electron chi connectivity index (χ2n) is 4.49. The molecule has 0 unspecified atom stereocenters. The van der Waals surface area contributed by atoms with E-state index in [0.717, 1.165) is 12.0 Å². The van der Waals surface area contributed by atoms with Gasteiger partial charge in [0.1, 0.15) is 6.61 Å². The fourth-order valence-corrected chi connectivity index (χ4v) is 2.39. The summed E-state index contributed by atoms with van der Waals surface area (Å²) >= 11 is 5.55. The summed E-state index contributed by atoms with van der Waals surface area (Å²) in [5.41, 5.74) is 0.926. The highest BCUT2D eigenvalue weighted by Gasteiger charge is 2.34. The molecule has 1 saturated heterocycles. The van der Waals surface area contributed by atoms with Crippen molar-refractivity contribution in [3.63, 3.8) is 0 Å². The smallest absolute Gasteiger partial charge is 0.410 e. The zero-order chi connectivity index (χ0) is 13.7. The molecule has 19 heavy (non-hydrogen) atoms. The highest BCUT2D eigenvalue weighted by molar-refractivity contribution is 6.28. The summed E-state index contributed by atoms with van der Waals surface area (Å²) in [5, 5.41) is 0. The molecule has 102 valence electrons. The second kappa shape index (κ2) is 6.57. The van der Waals surface area contributed by atoms with Crippen LogP contribution in [0, 0.1) is 0 Å². The van der Waals surface area contributed by atoms with Gasteiger partial charge in [-0.3, -0.25) is 9.69 Å². The molecule has 1 aromatic carbocycles. The van der Waals surface area contributed by atoms with E-state index in [0.29, 0.717) is 13.0 Å². The van der Waals surface area contributed by atoms with E-state index in [4.69, 9.17) is 16.3 Å². The van der Waals surface area contributed by atoms with Crippen molar-refractivity contribution in [2.45, 2.75) is 25.5 Å². The molecule has 1 aliphatic heterocycles. The number of rotatable bonds is 4. The number of carbonyl (C=O) groups is 2. The monoisotopic (exact) mass is 281 g/mol. The first kappa shape index (κ1) is 13.9. The lowest BCUT2D eigenvalue weighted by molar-refractivity contribution is -0.120. The first-order valence-corrected chi connectivity index (χ1v) is 6.82. The summed E-state index contributed by atoms with van der Waals surface area (Å²) in [6, 6.07) is 9.04. The third-order valence-corrected chi connectivity index (χ3v) is 3.46. The molecule has 4 nitrogen and oxygen atoms in total. The summed E-state index contributed by atoms with van der Waals surface area (Å²) in [6.07, 6.45) is 1.05. The number of hydrogen-bond acceptors (Lipinski definition) is 3. The Morgan fingerprint density at radius 2 is 2.05 bits per heavy atom. The maximum Gasteiger partial charge on any atom is 0.410 e. The van der Waals surface area contributed by atoms with Gasteiger partial charge in [-0.25, -0.2) is 4.79 Å². The summed E-state index contributed by atoms with van der Waals surface area (Å²) in [5.74, 6) is -0.177. The van der Waals surface area contributed by atoms with E-state index in [2.05, 4.69) is 0 Å². The van der Waals surface area contributed by atoms with Gasteiger partial charge >= 0.3 is 6.09 Å². The summed E-state index contributed by atoms with van der Waals surface area (Å²) in [6.45, 7) is 0.777. The van der Waals surface area contributed by atoms with Gasteiger partial charge in [0.2, 0.25) is 0 Å². The van der Waals surface area contributed by atoms with E-state index in [9.17, 15) is 9.59 Å². The predicted octanol–water partition coefficient (Wildman–Crippen LogP) is 2.60. The Balaban J connectivity index is 1.90. The zero-order valence-electron chi connectivity index (χ0n) is 10.5. The standard InChI is InChI=1S/C14H16ClNO3/c15-9-13(17)12-7-4-8-16(12)14(18)19-10-11-5-2-1-3-6-11/h1-3,5-6,12H,4,7-10H2/t12-/m1/s1. The first-order valence-electron chi connectivity index (χ1n) is 6.28. The molecule has 1 heterocycles. The van der Waals surface area contributed by atoms with E-state index in [1.165, 1.54) is 4.90 Å². The Bertz CT molecular complexity index is 449. The Morgan fingerprint density at radius 3 is 2.74 bits per heavy atom. The lowest BCUT2D eigenvalue weighted by Gasteiger charge is -2.22. The molecule has 0 N–H and O–H groups in total. The molecule has 0 aliphatic carbocycles. The van der Waals surface area contributed by atoms with Crippen LogP contribution < -0.4 is 0 Å². The van der Waals surface area contributed by atoms with Crippen LogP contribution in [0.4, 0.5) is 4.79 Å². The highest BCUT2D eigenvalue weighted by Crippen LogP contribution is 2.20. The molecule has 1 amide bonds. The molecule has 0 aromatic heterocycles. The van der Waals surface area contributed by atoms with E-state index in [1.54, 1.807) is 0 Å². The lowest BCUT2D eigenvalue weighted by atomic mass is 10.1. The van der Waals surface area contributed by atoms with Crippen LogP contribution in [0.2, 0.25) is 0 Å². The normalized spacial score (nSPS) is 18.4. The largest absolute Gasteiger partial charge is 0.445 e. The first-order chi connectivity index (χ1) is 9.22. The topological polar surface area (TPSA) is 46.6 Å². The number of likely N-dealkylation sites (tertiary alicyclic amines) is 1. The van der Waals surface area contributed by atoms with Crippen LogP contribution in [-0.4, -0.2) is 35.2 Å². The molecule has 0 bridgehead atoms. The van der Waals surface area contributed by atoms with Crippen molar-refractivity contribution < 1.29 is 14.3 Å². The van der Waals surface area contributed by atoms with Crippen LogP contribution in [-0.2, 0) is 16.1 Å². The molecule has 1 aromatic rings. The number of ketones is 1. The quantitative estimate of drug-likeness (QED) is 0.797. The van der Waals surface area contributed by atoms with Crippen LogP contribution in [0.5, 0.6) is 0 Å². The Labute approximate surface area is 117 Å². The summed E-state index contributed by atoms with van der Waals surface area (Å²) in [4.78, 5) is 25.1. The van der Waals surface area contributed by atoms with Gasteiger partial charge < -0.3 is 4.74 Å². The van der Waals surface area contributed by atoms with Gasteiger partial charge in [0.15, 0.2) is 5.78 Å². The molecule has 1 aliphatic rings. The van der Waals surface area contributed by atoms with Crippen molar-refractivity contribution >= 4 is 23.5 Å². The van der Waals surface area contributed by atoms with Crippen LogP contribution in [0.15, 0.2) is 30.3 Å². The number of alkyl halides is 1. The van der Waals surface area contributed by atoms with Crippen molar-refractivity contribution in [3.05, 3.63) is 35.9 Å². The number of carbonyl (C=O) groups excluding carboxylic acids is 2. The fraction of sp³-hybridized carbons (Fsp3) is 0.429. The molecule has 5 heteroatoms. The molecule has 1 fully saturated rings. The van der Waals surface area contributed by atoms with Gasteiger partial charge in [-0.15, -0.1) is 11.6 Å². The third-order valence-electron chi connectivity index (χ3n) is 3.20. The average molecular weight is 282 g/mol. The van der Waals surface area contributed by atoms with Crippen molar-refractivity contribution in [2.75, 3.05) is 12.4 Å². The number of Topliss-reactive ketones (excluding diaryl/α,β-unsaturated/α-hetero) is 1. The molecule has 2 rings (SSSR count). The maximum atomic E-state index is 12.0. The third kappa shape index (κ3) is 3.47. The van der Waals surface area contributed by atoms with Crippen LogP contribution in [0.1, 0.15) is 18.4 Å². The predicted molar refractivity (Wildman–Crippen MR) is 72.1 cm³/mol. The maximum absolute atomic E-state index is 12.0. The number of benzene rings is 1.